The third kappa shape index (κ3) is 5.06. The molecule has 0 radical (unpaired) electrons. The van der Waals surface area contributed by atoms with Crippen molar-refractivity contribution < 1.29 is 0 Å². The lowest BCUT2D eigenvalue weighted by molar-refractivity contribution is 1.06. The Bertz CT molecular complexity index is 2460. The molecular weight excluding hydrogens is 613 g/mol. The third-order valence-corrected chi connectivity index (χ3v) is 9.38. The lowest BCUT2D eigenvalue weighted by Crippen LogP contribution is -2.00. The minimum Gasteiger partial charge on any atom is -0.276 e. The average Bonchev–Trinajstić information content (AvgIpc) is 3.75. The van der Waals surface area contributed by atoms with Crippen LogP contribution in [0, 0.1) is 13.8 Å². The van der Waals surface area contributed by atoms with Crippen LogP contribution in [0.4, 0.5) is 0 Å². The molecular formula is C44H32N6. The maximum atomic E-state index is 5.00. The van der Waals surface area contributed by atoms with Gasteiger partial charge in [-0.2, -0.15) is 0 Å². The maximum Gasteiger partial charge on any atom is 0.164 e. The van der Waals surface area contributed by atoms with Crippen molar-refractivity contribution in [3.05, 3.63) is 169 Å². The molecule has 0 atom stereocenters. The number of imidazole rings is 2. The van der Waals surface area contributed by atoms with Crippen LogP contribution in [0.25, 0.3) is 78.7 Å². The normalized spacial score (nSPS) is 11.4. The van der Waals surface area contributed by atoms with Gasteiger partial charge in [-0.15, -0.1) is 0 Å². The van der Waals surface area contributed by atoms with Gasteiger partial charge in [-0.1, -0.05) is 109 Å². The van der Waals surface area contributed by atoms with E-state index in [2.05, 4.69) is 154 Å². The zero-order valence-electron chi connectivity index (χ0n) is 27.7. The Labute approximate surface area is 290 Å². The van der Waals surface area contributed by atoms with Gasteiger partial charge in [0.1, 0.15) is 22.7 Å². The highest BCUT2D eigenvalue weighted by Gasteiger charge is 2.18. The van der Waals surface area contributed by atoms with Crippen LogP contribution in [-0.4, -0.2) is 29.1 Å². The number of pyridine rings is 2. The number of fused-ring (bicyclic) bond motifs is 2. The molecule has 4 heterocycles. The number of hydrogen-bond donors (Lipinski definition) is 0. The second-order valence-electron chi connectivity index (χ2n) is 12.5. The molecule has 238 valence electrons. The fraction of sp³-hybridized carbons (Fsp3) is 0.0455. The molecule has 0 bridgehead atoms. The fourth-order valence-electron chi connectivity index (χ4n) is 6.78. The van der Waals surface area contributed by atoms with E-state index in [0.717, 1.165) is 78.7 Å². The second-order valence-corrected chi connectivity index (χ2v) is 12.5. The van der Waals surface area contributed by atoms with Gasteiger partial charge in [-0.25, -0.2) is 19.9 Å². The average molecular weight is 645 g/mol. The largest absolute Gasteiger partial charge is 0.276 e. The molecule has 0 fully saturated rings. The van der Waals surface area contributed by atoms with Crippen molar-refractivity contribution in [2.45, 2.75) is 13.8 Å². The third-order valence-electron chi connectivity index (χ3n) is 9.38. The number of benzene rings is 5. The Morgan fingerprint density at radius 3 is 1.06 bits per heavy atom. The van der Waals surface area contributed by atoms with E-state index in [9.17, 15) is 0 Å². The molecule has 6 nitrogen and oxygen atoms in total. The van der Waals surface area contributed by atoms with Crippen LogP contribution < -0.4 is 0 Å². The van der Waals surface area contributed by atoms with Gasteiger partial charge in [-0.05, 0) is 83.6 Å². The monoisotopic (exact) mass is 644 g/mol. The second kappa shape index (κ2) is 12.1. The maximum absolute atomic E-state index is 5.00. The molecule has 0 saturated heterocycles. The van der Waals surface area contributed by atoms with Gasteiger partial charge < -0.3 is 0 Å². The van der Waals surface area contributed by atoms with E-state index >= 15 is 0 Å². The molecule has 0 N–H and O–H groups in total. The van der Waals surface area contributed by atoms with Crippen molar-refractivity contribution in [2.24, 2.45) is 0 Å². The van der Waals surface area contributed by atoms with Crippen LogP contribution in [0.2, 0.25) is 0 Å². The van der Waals surface area contributed by atoms with Gasteiger partial charge in [0.2, 0.25) is 0 Å². The summed E-state index contributed by atoms with van der Waals surface area (Å²) in [6.45, 7) is 4.24. The number of nitrogens with zero attached hydrogens (tertiary/aromatic N) is 6. The first-order chi connectivity index (χ1) is 24.6. The van der Waals surface area contributed by atoms with Crippen LogP contribution in [0.15, 0.2) is 158 Å². The number of aryl methyl sites for hydroxylation is 2. The SMILES string of the molecule is Cc1ccccc1-n1c(-c2ccc(-c3ccc(-c4ccc(-c5nc6cccnc6n5-c5ccccc5C)cc4)cc3)cc2)nc2cccnc21. The van der Waals surface area contributed by atoms with Crippen molar-refractivity contribution in [1.82, 2.24) is 29.1 Å². The predicted molar refractivity (Wildman–Crippen MR) is 203 cm³/mol. The summed E-state index contributed by atoms with van der Waals surface area (Å²) in [7, 11) is 0. The molecule has 0 spiro atoms. The Morgan fingerprint density at radius 2 is 0.700 bits per heavy atom. The Kier molecular flexibility index (Phi) is 7.13. The molecule has 0 saturated carbocycles. The smallest absolute Gasteiger partial charge is 0.164 e. The number of rotatable bonds is 6. The Morgan fingerprint density at radius 1 is 0.360 bits per heavy atom. The molecule has 0 aliphatic carbocycles. The summed E-state index contributed by atoms with van der Waals surface area (Å²) in [6, 6.07) is 50.7. The number of para-hydroxylation sites is 2. The van der Waals surface area contributed by atoms with Crippen molar-refractivity contribution in [3.63, 3.8) is 0 Å². The highest BCUT2D eigenvalue weighted by Crippen LogP contribution is 2.33. The van der Waals surface area contributed by atoms with Gasteiger partial charge in [0.15, 0.2) is 11.3 Å². The lowest BCUT2D eigenvalue weighted by Gasteiger charge is -2.12. The molecule has 0 amide bonds. The van der Waals surface area contributed by atoms with E-state index in [4.69, 9.17) is 9.97 Å². The zero-order valence-corrected chi connectivity index (χ0v) is 27.7. The molecule has 0 aliphatic heterocycles. The van der Waals surface area contributed by atoms with Crippen molar-refractivity contribution in [3.8, 4) is 56.4 Å². The van der Waals surface area contributed by atoms with E-state index < -0.39 is 0 Å². The van der Waals surface area contributed by atoms with Crippen LogP contribution >= 0.6 is 0 Å². The van der Waals surface area contributed by atoms with Crippen molar-refractivity contribution in [1.29, 1.82) is 0 Å². The van der Waals surface area contributed by atoms with Crippen LogP contribution in [0.5, 0.6) is 0 Å². The summed E-state index contributed by atoms with van der Waals surface area (Å²) < 4.78 is 4.32. The van der Waals surface area contributed by atoms with E-state index in [1.807, 2.05) is 36.7 Å². The van der Waals surface area contributed by atoms with E-state index in [-0.39, 0.29) is 0 Å². The molecule has 5 aromatic carbocycles. The summed E-state index contributed by atoms with van der Waals surface area (Å²) in [6.07, 6.45) is 3.65. The predicted octanol–water partition coefficient (Wildman–Crippen LogP) is 10.4. The van der Waals surface area contributed by atoms with Gasteiger partial charge >= 0.3 is 0 Å². The highest BCUT2D eigenvalue weighted by atomic mass is 15.1. The number of hydrogen-bond acceptors (Lipinski definition) is 4. The minimum atomic E-state index is 0.853. The van der Waals surface area contributed by atoms with Gasteiger partial charge in [0.05, 0.1) is 11.4 Å². The number of aromatic nitrogens is 6. The topological polar surface area (TPSA) is 61.4 Å². The molecule has 4 aromatic heterocycles. The highest BCUT2D eigenvalue weighted by molar-refractivity contribution is 5.83. The lowest BCUT2D eigenvalue weighted by atomic mass is 9.99. The fourth-order valence-corrected chi connectivity index (χ4v) is 6.78. The van der Waals surface area contributed by atoms with Gasteiger partial charge in [0.25, 0.3) is 0 Å². The standard InChI is InChI=1S/C44H32N6/c1-29-9-3-5-13-39(29)49-41(47-37-11-7-27-45-43(37)49)35-23-19-33(20-24-35)31-15-17-32(18-16-31)34-21-25-36(26-22-34)42-48-38-12-8-28-46-44(38)50(42)40-14-6-4-10-30(40)2/h3-28H,1-2H3. The van der Waals surface area contributed by atoms with E-state index in [0.29, 0.717) is 0 Å². The first kappa shape index (κ1) is 29.5. The Balaban J connectivity index is 1.00. The van der Waals surface area contributed by atoms with Gasteiger partial charge in [0, 0.05) is 23.5 Å². The summed E-state index contributed by atoms with van der Waals surface area (Å²) >= 11 is 0. The molecule has 50 heavy (non-hydrogen) atoms. The van der Waals surface area contributed by atoms with Crippen LogP contribution in [-0.2, 0) is 0 Å². The molecule has 9 rings (SSSR count). The van der Waals surface area contributed by atoms with E-state index in [1.165, 1.54) is 11.1 Å². The zero-order chi connectivity index (χ0) is 33.6. The summed E-state index contributed by atoms with van der Waals surface area (Å²) in [4.78, 5) is 19.4. The molecule has 0 aliphatic rings. The molecule has 6 heteroatoms. The quantitative estimate of drug-likeness (QED) is 0.181. The summed E-state index contributed by atoms with van der Waals surface area (Å²) in [5.74, 6) is 1.76. The molecule has 0 unspecified atom stereocenters. The van der Waals surface area contributed by atoms with Crippen molar-refractivity contribution in [2.75, 3.05) is 0 Å². The van der Waals surface area contributed by atoms with Crippen LogP contribution in [0.1, 0.15) is 11.1 Å². The summed E-state index contributed by atoms with van der Waals surface area (Å²) in [5.41, 5.74) is 14.7. The van der Waals surface area contributed by atoms with Crippen LogP contribution in [0.3, 0.4) is 0 Å². The molecule has 9 aromatic rings. The first-order valence-corrected chi connectivity index (χ1v) is 16.7. The minimum absolute atomic E-state index is 0.853. The first-order valence-electron chi connectivity index (χ1n) is 16.7. The Hall–Kier alpha value is -6.66. The van der Waals surface area contributed by atoms with Gasteiger partial charge in [-0.3, -0.25) is 9.13 Å². The van der Waals surface area contributed by atoms with E-state index in [1.54, 1.807) is 0 Å². The summed E-state index contributed by atoms with van der Waals surface area (Å²) in [5, 5.41) is 0. The van der Waals surface area contributed by atoms with Crippen molar-refractivity contribution >= 4 is 22.3 Å².